The quantitative estimate of drug-likeness (QED) is 0.519. The van der Waals surface area contributed by atoms with Gasteiger partial charge in [0, 0.05) is 25.4 Å². The highest BCUT2D eigenvalue weighted by Crippen LogP contribution is 2.20. The van der Waals surface area contributed by atoms with Gasteiger partial charge in [0.25, 0.3) is 0 Å². The molecule has 0 aromatic carbocycles. The highest BCUT2D eigenvalue weighted by Gasteiger charge is 2.17. The summed E-state index contributed by atoms with van der Waals surface area (Å²) in [6, 6.07) is -0.120. The average molecular weight is 272 g/mol. The minimum atomic E-state index is -0.221. The van der Waals surface area contributed by atoms with Crippen molar-refractivity contribution in [2.75, 3.05) is 13.2 Å². The van der Waals surface area contributed by atoms with Crippen LogP contribution in [0.4, 0.5) is 0 Å². The van der Waals surface area contributed by atoms with E-state index in [9.17, 15) is 9.59 Å². The summed E-state index contributed by atoms with van der Waals surface area (Å²) < 4.78 is 4.80. The second-order valence-corrected chi connectivity index (χ2v) is 5.99. The molecule has 0 bridgehead atoms. The Hall–Kier alpha value is -1.10. The van der Waals surface area contributed by atoms with Crippen molar-refractivity contribution in [1.82, 2.24) is 5.32 Å². The summed E-state index contributed by atoms with van der Waals surface area (Å²) in [6.07, 6.45) is 2.07. The number of amides is 1. The number of carbonyl (C=O) groups excluding carboxylic acids is 2. The maximum atomic E-state index is 11.6. The van der Waals surface area contributed by atoms with Crippen LogP contribution < -0.4 is 11.1 Å². The Bertz CT molecular complexity index is 285. The number of carbonyl (C=O) groups is 2. The zero-order valence-corrected chi connectivity index (χ0v) is 12.6. The summed E-state index contributed by atoms with van der Waals surface area (Å²) in [7, 11) is 0. The van der Waals surface area contributed by atoms with Gasteiger partial charge in [-0.05, 0) is 25.2 Å². The van der Waals surface area contributed by atoms with Crippen molar-refractivity contribution >= 4 is 11.9 Å². The van der Waals surface area contributed by atoms with Gasteiger partial charge >= 0.3 is 5.97 Å². The first kappa shape index (κ1) is 17.9. The Labute approximate surface area is 116 Å². The monoisotopic (exact) mass is 272 g/mol. The van der Waals surface area contributed by atoms with Crippen LogP contribution in [0.2, 0.25) is 0 Å². The van der Waals surface area contributed by atoms with E-state index in [0.29, 0.717) is 32.4 Å². The lowest BCUT2D eigenvalue weighted by atomic mass is 9.87. The molecule has 1 atom stereocenters. The summed E-state index contributed by atoms with van der Waals surface area (Å²) in [4.78, 5) is 22.7. The van der Waals surface area contributed by atoms with Crippen molar-refractivity contribution < 1.29 is 14.3 Å². The number of nitrogens with one attached hydrogen (secondary N) is 1. The van der Waals surface area contributed by atoms with E-state index >= 15 is 0 Å². The lowest BCUT2D eigenvalue weighted by Crippen LogP contribution is -2.34. The van der Waals surface area contributed by atoms with Crippen LogP contribution in [-0.4, -0.2) is 31.1 Å². The number of hydrogen-bond acceptors (Lipinski definition) is 4. The van der Waals surface area contributed by atoms with Gasteiger partial charge in [-0.1, -0.05) is 20.8 Å². The Morgan fingerprint density at radius 1 is 1.32 bits per heavy atom. The predicted molar refractivity (Wildman–Crippen MR) is 75.5 cm³/mol. The standard InChI is InChI=1S/C14H28N2O3/c1-5-19-13(18)7-6-8-16-12(17)9-11(15)10-14(2,3)4/h11H,5-10,15H2,1-4H3,(H,16,17). The van der Waals surface area contributed by atoms with Gasteiger partial charge in [0.15, 0.2) is 0 Å². The fourth-order valence-corrected chi connectivity index (χ4v) is 1.86. The molecule has 0 saturated heterocycles. The molecule has 0 rings (SSSR count). The SMILES string of the molecule is CCOC(=O)CCCNC(=O)CC(N)CC(C)(C)C. The molecular formula is C14H28N2O3. The highest BCUT2D eigenvalue weighted by molar-refractivity contribution is 5.76. The first-order valence-electron chi connectivity index (χ1n) is 6.92. The van der Waals surface area contributed by atoms with Crippen molar-refractivity contribution in [3.05, 3.63) is 0 Å². The van der Waals surface area contributed by atoms with Crippen LogP contribution in [0.5, 0.6) is 0 Å². The molecule has 1 unspecified atom stereocenters. The van der Waals surface area contributed by atoms with Crippen LogP contribution in [0.1, 0.15) is 53.4 Å². The number of ether oxygens (including phenoxy) is 1. The fourth-order valence-electron chi connectivity index (χ4n) is 1.86. The maximum absolute atomic E-state index is 11.6. The third kappa shape index (κ3) is 11.7. The fraction of sp³-hybridized carbons (Fsp3) is 0.857. The van der Waals surface area contributed by atoms with Gasteiger partial charge < -0.3 is 15.8 Å². The Morgan fingerprint density at radius 2 is 1.95 bits per heavy atom. The molecule has 5 nitrogen and oxygen atoms in total. The number of rotatable bonds is 8. The molecule has 0 heterocycles. The van der Waals surface area contributed by atoms with Gasteiger partial charge in [-0.15, -0.1) is 0 Å². The van der Waals surface area contributed by atoms with Crippen LogP contribution in [0, 0.1) is 5.41 Å². The zero-order valence-electron chi connectivity index (χ0n) is 12.6. The van der Waals surface area contributed by atoms with E-state index in [1.165, 1.54) is 0 Å². The van der Waals surface area contributed by atoms with E-state index < -0.39 is 0 Å². The van der Waals surface area contributed by atoms with Crippen molar-refractivity contribution in [1.29, 1.82) is 0 Å². The summed E-state index contributed by atoms with van der Waals surface area (Å²) in [5.74, 6) is -0.276. The first-order valence-corrected chi connectivity index (χ1v) is 6.92. The van der Waals surface area contributed by atoms with Crippen LogP contribution >= 0.6 is 0 Å². The van der Waals surface area contributed by atoms with Gasteiger partial charge in [0.1, 0.15) is 0 Å². The second-order valence-electron chi connectivity index (χ2n) is 5.99. The average Bonchev–Trinajstić information content (AvgIpc) is 2.21. The molecule has 0 saturated carbocycles. The maximum Gasteiger partial charge on any atom is 0.305 e. The lowest BCUT2D eigenvalue weighted by molar-refractivity contribution is -0.143. The summed E-state index contributed by atoms with van der Waals surface area (Å²) in [5.41, 5.74) is 6.05. The van der Waals surface area contributed by atoms with E-state index in [0.717, 1.165) is 6.42 Å². The third-order valence-corrected chi connectivity index (χ3v) is 2.51. The van der Waals surface area contributed by atoms with Crippen LogP contribution in [-0.2, 0) is 14.3 Å². The minimum Gasteiger partial charge on any atom is -0.466 e. The predicted octanol–water partition coefficient (Wildman–Crippen LogP) is 1.60. The zero-order chi connectivity index (χ0) is 14.9. The van der Waals surface area contributed by atoms with E-state index in [1.807, 2.05) is 0 Å². The molecule has 0 aromatic rings. The number of nitrogens with two attached hydrogens (primary N) is 1. The highest BCUT2D eigenvalue weighted by atomic mass is 16.5. The smallest absolute Gasteiger partial charge is 0.305 e. The normalized spacial score (nSPS) is 12.9. The topological polar surface area (TPSA) is 81.4 Å². The molecule has 3 N–H and O–H groups in total. The Morgan fingerprint density at radius 3 is 2.47 bits per heavy atom. The Kier molecular flexibility index (Phi) is 8.39. The molecule has 0 aliphatic carbocycles. The second kappa shape index (κ2) is 8.91. The number of hydrogen-bond donors (Lipinski definition) is 2. The molecule has 5 heteroatoms. The lowest BCUT2D eigenvalue weighted by Gasteiger charge is -2.22. The summed E-state index contributed by atoms with van der Waals surface area (Å²) in [5, 5.41) is 2.77. The first-order chi connectivity index (χ1) is 8.74. The molecular weight excluding hydrogens is 244 g/mol. The van der Waals surface area contributed by atoms with E-state index in [2.05, 4.69) is 26.1 Å². The largest absolute Gasteiger partial charge is 0.466 e. The summed E-state index contributed by atoms with van der Waals surface area (Å²) >= 11 is 0. The molecule has 0 aliphatic rings. The van der Waals surface area contributed by atoms with E-state index in [1.54, 1.807) is 6.92 Å². The Balaban J connectivity index is 3.67. The molecule has 0 spiro atoms. The van der Waals surface area contributed by atoms with Gasteiger partial charge in [-0.25, -0.2) is 0 Å². The van der Waals surface area contributed by atoms with Crippen molar-refractivity contribution in [3.8, 4) is 0 Å². The van der Waals surface area contributed by atoms with Gasteiger partial charge in [-0.3, -0.25) is 9.59 Å². The van der Waals surface area contributed by atoms with Gasteiger partial charge in [0.05, 0.1) is 6.61 Å². The van der Waals surface area contributed by atoms with Crippen molar-refractivity contribution in [3.63, 3.8) is 0 Å². The molecule has 0 radical (unpaired) electrons. The van der Waals surface area contributed by atoms with Gasteiger partial charge in [0.2, 0.25) is 5.91 Å². The number of esters is 1. The van der Waals surface area contributed by atoms with E-state index in [4.69, 9.17) is 10.5 Å². The molecule has 19 heavy (non-hydrogen) atoms. The molecule has 0 aromatic heterocycles. The van der Waals surface area contributed by atoms with Crippen LogP contribution in [0.25, 0.3) is 0 Å². The molecule has 0 fully saturated rings. The van der Waals surface area contributed by atoms with Crippen molar-refractivity contribution in [2.24, 2.45) is 11.1 Å². The molecule has 0 aliphatic heterocycles. The van der Waals surface area contributed by atoms with Gasteiger partial charge in [-0.2, -0.15) is 0 Å². The third-order valence-electron chi connectivity index (χ3n) is 2.51. The molecule has 112 valence electrons. The van der Waals surface area contributed by atoms with E-state index in [-0.39, 0.29) is 23.3 Å². The van der Waals surface area contributed by atoms with Crippen LogP contribution in [0.15, 0.2) is 0 Å². The minimum absolute atomic E-state index is 0.0550. The molecule has 1 amide bonds. The van der Waals surface area contributed by atoms with Crippen LogP contribution in [0.3, 0.4) is 0 Å². The van der Waals surface area contributed by atoms with Crippen molar-refractivity contribution in [2.45, 2.75) is 59.4 Å². The summed E-state index contributed by atoms with van der Waals surface area (Å²) in [6.45, 7) is 8.96.